The summed E-state index contributed by atoms with van der Waals surface area (Å²) < 4.78 is 82.2. The van der Waals surface area contributed by atoms with Crippen LogP contribution in [0.15, 0.2) is 121 Å². The van der Waals surface area contributed by atoms with E-state index in [9.17, 15) is 36.2 Å². The van der Waals surface area contributed by atoms with Gasteiger partial charge in [0.15, 0.2) is 11.5 Å². The Morgan fingerprint density at radius 1 is 0.585 bits per heavy atom. The normalized spacial score (nSPS) is 11.8. The first-order valence-electron chi connectivity index (χ1n) is 14.6. The number of rotatable bonds is 9. The molecule has 0 amide bonds. The molecule has 19 heteroatoms. The summed E-state index contributed by atoms with van der Waals surface area (Å²) in [7, 11) is -7.05. The quantitative estimate of drug-likeness (QED) is 0.0818. The van der Waals surface area contributed by atoms with Crippen LogP contribution in [0, 0.1) is 0 Å². The van der Waals surface area contributed by atoms with Gasteiger partial charge in [-0.1, -0.05) is 30.3 Å². The molecule has 0 saturated carbocycles. The van der Waals surface area contributed by atoms with Crippen LogP contribution in [-0.4, -0.2) is 50.4 Å². The first kappa shape index (κ1) is 41.6. The van der Waals surface area contributed by atoms with Gasteiger partial charge in [0.05, 0.1) is 24.0 Å². The molecule has 4 N–H and O–H groups in total. The van der Waals surface area contributed by atoms with Gasteiger partial charge in [-0.25, -0.2) is 16.8 Å². The van der Waals surface area contributed by atoms with Gasteiger partial charge in [0.2, 0.25) is 0 Å². The SMILES string of the molecule is COc1cc(-c2ccc(N=Nc3c(S(=O)(=O)[O-])cc4cc(N)ccc4c3O)c(OC)c2)ccc1N=Nc1ccc2c(S(=O)(=O)[O-])cccc2c1O.[Na+].[Na+]. The Morgan fingerprint density at radius 3 is 1.68 bits per heavy atom. The number of fused-ring (bicyclic) bond motifs is 2. The molecule has 0 radical (unpaired) electrons. The molecule has 260 valence electrons. The molecule has 0 aliphatic carbocycles. The van der Waals surface area contributed by atoms with Gasteiger partial charge in [-0.15, -0.1) is 20.5 Å². The standard InChI is InChI=1S/C34H27N5O10S2.2Na/c1-48-28-15-18(6-11-25(28)36-38-27-13-10-23-24(33(27)40)4-3-5-30(23)50(42,43)44)19-7-12-26(29(16-19)49-2)37-39-32-31(51(45,46)47)17-20-14-21(35)8-9-22(20)34(32)41;;/h3-17,40-41H,35H2,1-2H3,(H,42,43,44)(H,45,46,47);;/q;2*+1/p-2. The zero-order valence-corrected chi connectivity index (χ0v) is 34.1. The van der Waals surface area contributed by atoms with Gasteiger partial charge in [-0.3, -0.25) is 0 Å². The summed E-state index contributed by atoms with van der Waals surface area (Å²) in [5, 5.41) is 38.5. The summed E-state index contributed by atoms with van der Waals surface area (Å²) in [4.78, 5) is -1.25. The monoisotopic (exact) mass is 773 g/mol. The second kappa shape index (κ2) is 16.5. The summed E-state index contributed by atoms with van der Waals surface area (Å²) in [6.07, 6.45) is 0. The second-order valence-corrected chi connectivity index (χ2v) is 13.6. The number of nitrogens with zero attached hydrogens (tertiary/aromatic N) is 4. The van der Waals surface area contributed by atoms with Crippen LogP contribution >= 0.6 is 0 Å². The maximum atomic E-state index is 12.1. The van der Waals surface area contributed by atoms with Crippen LogP contribution in [0.4, 0.5) is 28.4 Å². The molecule has 0 atom stereocenters. The van der Waals surface area contributed by atoms with E-state index in [1.807, 2.05) is 0 Å². The maximum absolute atomic E-state index is 12.1. The van der Waals surface area contributed by atoms with Crippen molar-refractivity contribution in [2.75, 3.05) is 20.0 Å². The van der Waals surface area contributed by atoms with Crippen LogP contribution in [-0.2, 0) is 20.2 Å². The topological polar surface area (TPSA) is 249 Å². The van der Waals surface area contributed by atoms with E-state index in [2.05, 4.69) is 20.5 Å². The van der Waals surface area contributed by atoms with Crippen molar-refractivity contribution < 1.29 is 105 Å². The van der Waals surface area contributed by atoms with E-state index in [0.717, 1.165) is 12.1 Å². The van der Waals surface area contributed by atoms with Crippen LogP contribution in [0.25, 0.3) is 32.7 Å². The average molecular weight is 774 g/mol. The van der Waals surface area contributed by atoms with E-state index in [1.165, 1.54) is 62.8 Å². The van der Waals surface area contributed by atoms with Crippen LogP contribution in [0.3, 0.4) is 0 Å². The number of hydrogen-bond donors (Lipinski definition) is 3. The number of aromatic hydroxyl groups is 2. The number of anilines is 1. The van der Waals surface area contributed by atoms with Crippen molar-refractivity contribution in [3.05, 3.63) is 91.0 Å². The summed E-state index contributed by atoms with van der Waals surface area (Å²) >= 11 is 0. The van der Waals surface area contributed by atoms with Crippen molar-refractivity contribution in [3.63, 3.8) is 0 Å². The molecule has 0 spiro atoms. The van der Waals surface area contributed by atoms with Crippen molar-refractivity contribution in [2.45, 2.75) is 9.79 Å². The minimum absolute atomic E-state index is 0. The van der Waals surface area contributed by atoms with E-state index in [1.54, 1.807) is 30.3 Å². The number of phenolic OH excluding ortho intramolecular Hbond substituents is 2. The predicted octanol–water partition coefficient (Wildman–Crippen LogP) is 1.32. The minimum Gasteiger partial charge on any atom is -0.744 e. The predicted molar refractivity (Wildman–Crippen MR) is 185 cm³/mol. The average Bonchev–Trinajstić information content (AvgIpc) is 3.09. The number of ether oxygens (including phenoxy) is 2. The summed E-state index contributed by atoms with van der Waals surface area (Å²) in [5.41, 5.74) is 7.28. The van der Waals surface area contributed by atoms with Crippen molar-refractivity contribution in [2.24, 2.45) is 20.5 Å². The van der Waals surface area contributed by atoms with Gasteiger partial charge in [0.25, 0.3) is 0 Å². The number of phenols is 2. The zero-order valence-electron chi connectivity index (χ0n) is 28.5. The summed E-state index contributed by atoms with van der Waals surface area (Å²) in [6.45, 7) is 0. The molecule has 0 aliphatic heterocycles. The first-order valence-corrected chi connectivity index (χ1v) is 17.4. The van der Waals surface area contributed by atoms with E-state index in [0.29, 0.717) is 22.6 Å². The zero-order chi connectivity index (χ0) is 36.7. The van der Waals surface area contributed by atoms with Gasteiger partial charge in [-0.2, -0.15) is 0 Å². The van der Waals surface area contributed by atoms with Gasteiger partial charge < -0.3 is 34.5 Å². The van der Waals surface area contributed by atoms with Crippen LogP contribution in [0.2, 0.25) is 0 Å². The van der Waals surface area contributed by atoms with Crippen LogP contribution in [0.1, 0.15) is 0 Å². The molecule has 0 fully saturated rings. The van der Waals surface area contributed by atoms with Crippen molar-refractivity contribution in [3.8, 4) is 34.1 Å². The van der Waals surface area contributed by atoms with Crippen molar-refractivity contribution in [1.29, 1.82) is 0 Å². The maximum Gasteiger partial charge on any atom is 1.00 e. The molecule has 6 aromatic carbocycles. The van der Waals surface area contributed by atoms with E-state index >= 15 is 0 Å². The van der Waals surface area contributed by atoms with Gasteiger partial charge in [-0.05, 0) is 77.2 Å². The Balaban J connectivity index is 0.00000314. The number of benzene rings is 6. The van der Waals surface area contributed by atoms with Gasteiger partial charge >= 0.3 is 59.1 Å². The fraction of sp³-hybridized carbons (Fsp3) is 0.0588. The Hall–Kier alpha value is -4.14. The largest absolute Gasteiger partial charge is 1.00 e. The number of hydrogen-bond acceptors (Lipinski definition) is 15. The third kappa shape index (κ3) is 8.65. The molecule has 0 heterocycles. The van der Waals surface area contributed by atoms with Gasteiger partial charge in [0.1, 0.15) is 54.5 Å². The van der Waals surface area contributed by atoms with E-state index in [-0.39, 0.29) is 109 Å². The Kier molecular flexibility index (Phi) is 12.9. The fourth-order valence-electron chi connectivity index (χ4n) is 5.35. The summed E-state index contributed by atoms with van der Waals surface area (Å²) in [5.74, 6) is -0.406. The molecular formula is C34H25N5Na2O10S2. The van der Waals surface area contributed by atoms with Crippen molar-refractivity contribution >= 4 is 70.2 Å². The fourth-order valence-corrected chi connectivity index (χ4v) is 6.69. The third-order valence-electron chi connectivity index (χ3n) is 7.80. The molecule has 6 aromatic rings. The molecule has 15 nitrogen and oxygen atoms in total. The van der Waals surface area contributed by atoms with E-state index in [4.69, 9.17) is 15.2 Å². The van der Waals surface area contributed by atoms with Crippen molar-refractivity contribution in [1.82, 2.24) is 0 Å². The first-order chi connectivity index (χ1) is 24.2. The van der Waals surface area contributed by atoms with Crippen LogP contribution in [0.5, 0.6) is 23.0 Å². The Labute approximate surface area is 347 Å². The smallest absolute Gasteiger partial charge is 0.744 e. The molecule has 0 unspecified atom stereocenters. The molecule has 0 saturated heterocycles. The molecular weight excluding hydrogens is 749 g/mol. The third-order valence-corrected chi connectivity index (χ3v) is 9.55. The molecule has 0 aliphatic rings. The number of nitrogens with two attached hydrogens (primary N) is 1. The minimum atomic E-state index is -5.08. The Bertz CT molecular complexity index is 2680. The Morgan fingerprint density at radius 2 is 1.11 bits per heavy atom. The van der Waals surface area contributed by atoms with Gasteiger partial charge in [0, 0.05) is 21.8 Å². The number of methoxy groups -OCH3 is 2. The molecule has 0 aromatic heterocycles. The van der Waals surface area contributed by atoms with E-state index < -0.39 is 41.5 Å². The molecule has 0 bridgehead atoms. The number of nitrogen functional groups attached to an aromatic ring is 1. The number of azo groups is 2. The summed E-state index contributed by atoms with van der Waals surface area (Å²) in [6, 6.07) is 21.9. The second-order valence-electron chi connectivity index (χ2n) is 10.9. The molecule has 53 heavy (non-hydrogen) atoms. The van der Waals surface area contributed by atoms with Crippen LogP contribution < -0.4 is 74.3 Å². The molecule has 6 rings (SSSR count).